The molecule has 1 heterocycles. The van der Waals surface area contributed by atoms with Crippen LogP contribution in [0.5, 0.6) is 0 Å². The van der Waals surface area contributed by atoms with Crippen molar-refractivity contribution in [3.63, 3.8) is 0 Å². The van der Waals surface area contributed by atoms with Crippen molar-refractivity contribution in [2.24, 2.45) is 0 Å². The molecule has 0 spiro atoms. The monoisotopic (exact) mass is 132 g/mol. The molecule has 0 aromatic rings. The first kappa shape index (κ1) is 6.67. The topological polar surface area (TPSA) is 66.8 Å². The molecule has 0 radical (unpaired) electrons. The molecule has 1 fully saturated rings. The van der Waals surface area contributed by atoms with Crippen LogP contribution in [0.25, 0.3) is 0 Å². The minimum absolute atomic E-state index is 0.0462. The third kappa shape index (κ3) is 1.10. The molecule has 0 amide bonds. The van der Waals surface area contributed by atoms with Crippen LogP contribution in [0.1, 0.15) is 0 Å². The molecule has 0 aromatic carbocycles. The number of rotatable bonds is 1. The summed E-state index contributed by atoms with van der Waals surface area (Å²) in [6.07, 6.45) is -2.29. The number of aldehydes is 1. The van der Waals surface area contributed by atoms with Crippen molar-refractivity contribution >= 4 is 6.29 Å². The van der Waals surface area contributed by atoms with E-state index in [0.29, 0.717) is 6.29 Å². The van der Waals surface area contributed by atoms with Crippen LogP contribution in [-0.2, 0) is 9.53 Å². The number of ether oxygens (including phenoxy) is 1. The molecule has 0 unspecified atom stereocenters. The Labute approximate surface area is 52.1 Å². The normalized spacial score (nSPS) is 43.1. The average molecular weight is 132 g/mol. The summed E-state index contributed by atoms with van der Waals surface area (Å²) in [7, 11) is 0. The third-order valence-corrected chi connectivity index (χ3v) is 1.32. The second kappa shape index (κ2) is 2.43. The molecule has 0 aromatic heterocycles. The quantitative estimate of drug-likeness (QED) is 0.417. The van der Waals surface area contributed by atoms with Gasteiger partial charge >= 0.3 is 0 Å². The van der Waals surface area contributed by atoms with Crippen LogP contribution in [0.2, 0.25) is 0 Å². The molecule has 1 aliphatic heterocycles. The number of carbonyl (C=O) groups is 1. The van der Waals surface area contributed by atoms with Crippen LogP contribution in [0.15, 0.2) is 0 Å². The molecule has 0 bridgehead atoms. The zero-order valence-corrected chi connectivity index (χ0v) is 4.73. The Bertz CT molecular complexity index is 114. The van der Waals surface area contributed by atoms with Crippen molar-refractivity contribution in [2.45, 2.75) is 18.3 Å². The predicted octanol–water partition coefficient (Wildman–Crippen LogP) is -1.69. The molecule has 1 rings (SSSR count). The van der Waals surface area contributed by atoms with Crippen LogP contribution in [0.3, 0.4) is 0 Å². The maximum atomic E-state index is 9.97. The summed E-state index contributed by atoms with van der Waals surface area (Å²) in [5.74, 6) is 0. The second-order valence-corrected chi connectivity index (χ2v) is 1.99. The Morgan fingerprint density at radius 1 is 1.56 bits per heavy atom. The van der Waals surface area contributed by atoms with E-state index in [1.807, 2.05) is 0 Å². The second-order valence-electron chi connectivity index (χ2n) is 1.99. The fourth-order valence-corrected chi connectivity index (χ4v) is 0.746. The molecule has 0 aliphatic carbocycles. The van der Waals surface area contributed by atoms with Crippen molar-refractivity contribution in [3.8, 4) is 0 Å². The van der Waals surface area contributed by atoms with E-state index in [4.69, 9.17) is 10.2 Å². The fourth-order valence-electron chi connectivity index (χ4n) is 0.746. The van der Waals surface area contributed by atoms with Gasteiger partial charge in [-0.05, 0) is 0 Å². The minimum Gasteiger partial charge on any atom is -0.388 e. The van der Waals surface area contributed by atoms with E-state index >= 15 is 0 Å². The summed E-state index contributed by atoms with van der Waals surface area (Å²) in [4.78, 5) is 9.97. The molecule has 1 saturated heterocycles. The number of hydrogen-bond donors (Lipinski definition) is 2. The number of hydrogen-bond acceptors (Lipinski definition) is 4. The Hall–Kier alpha value is -0.450. The number of aliphatic hydroxyl groups is 2. The first-order chi connectivity index (χ1) is 4.25. The lowest BCUT2D eigenvalue weighted by Crippen LogP contribution is -2.30. The van der Waals surface area contributed by atoms with Gasteiger partial charge in [0, 0.05) is 0 Å². The van der Waals surface area contributed by atoms with Crippen LogP contribution >= 0.6 is 0 Å². The summed E-state index contributed by atoms with van der Waals surface area (Å²) in [6.45, 7) is 0.0462. The summed E-state index contributed by atoms with van der Waals surface area (Å²) >= 11 is 0. The summed E-state index contributed by atoms with van der Waals surface area (Å²) in [5, 5.41) is 17.6. The lowest BCUT2D eigenvalue weighted by atomic mass is 10.2. The lowest BCUT2D eigenvalue weighted by Gasteiger charge is -2.06. The molecule has 2 N–H and O–H groups in total. The molecule has 3 atom stereocenters. The molecule has 9 heavy (non-hydrogen) atoms. The molecular weight excluding hydrogens is 124 g/mol. The summed E-state index contributed by atoms with van der Waals surface area (Å²) < 4.78 is 4.66. The zero-order chi connectivity index (χ0) is 6.85. The van der Waals surface area contributed by atoms with Gasteiger partial charge < -0.3 is 19.7 Å². The van der Waals surface area contributed by atoms with Gasteiger partial charge in [0.05, 0.1) is 6.61 Å². The van der Waals surface area contributed by atoms with Gasteiger partial charge in [-0.3, -0.25) is 0 Å². The molecule has 1 aliphatic rings. The van der Waals surface area contributed by atoms with Crippen molar-refractivity contribution in [3.05, 3.63) is 0 Å². The van der Waals surface area contributed by atoms with Crippen LogP contribution in [0.4, 0.5) is 0 Å². The average Bonchev–Trinajstić information content (AvgIpc) is 2.15. The van der Waals surface area contributed by atoms with Crippen molar-refractivity contribution in [1.82, 2.24) is 0 Å². The van der Waals surface area contributed by atoms with Crippen molar-refractivity contribution in [2.75, 3.05) is 6.61 Å². The molecule has 52 valence electrons. The Kier molecular flexibility index (Phi) is 1.80. The third-order valence-electron chi connectivity index (χ3n) is 1.32. The Morgan fingerprint density at radius 2 is 2.22 bits per heavy atom. The van der Waals surface area contributed by atoms with Crippen molar-refractivity contribution < 1.29 is 19.7 Å². The smallest absolute Gasteiger partial charge is 0.151 e. The van der Waals surface area contributed by atoms with Gasteiger partial charge in [0.1, 0.15) is 18.3 Å². The lowest BCUT2D eigenvalue weighted by molar-refractivity contribution is -0.119. The van der Waals surface area contributed by atoms with Gasteiger partial charge in [-0.2, -0.15) is 0 Å². The molecular formula is C5H8O4. The van der Waals surface area contributed by atoms with E-state index in [0.717, 1.165) is 0 Å². The summed E-state index contributed by atoms with van der Waals surface area (Å²) in [5.41, 5.74) is 0. The van der Waals surface area contributed by atoms with Crippen LogP contribution in [-0.4, -0.2) is 41.4 Å². The standard InChI is InChI=1S/C5H8O4/c6-1-4-5(8)3(7)2-9-4/h1,3-5,7-8H,2H2/t3-,4+,5-/m1/s1. The van der Waals surface area contributed by atoms with Gasteiger partial charge in [0.25, 0.3) is 0 Å². The van der Waals surface area contributed by atoms with Crippen LogP contribution < -0.4 is 0 Å². The number of carbonyl (C=O) groups excluding carboxylic acids is 1. The van der Waals surface area contributed by atoms with Gasteiger partial charge in [-0.15, -0.1) is 0 Å². The highest BCUT2D eigenvalue weighted by atomic mass is 16.5. The van der Waals surface area contributed by atoms with E-state index in [9.17, 15) is 4.79 Å². The predicted molar refractivity (Wildman–Crippen MR) is 27.8 cm³/mol. The Morgan fingerprint density at radius 3 is 2.44 bits per heavy atom. The number of aliphatic hydroxyl groups excluding tert-OH is 2. The SMILES string of the molecule is O=C[C@@H]1OC[C@@H](O)[C@H]1O. The van der Waals surface area contributed by atoms with E-state index in [2.05, 4.69) is 4.74 Å². The molecule has 0 saturated carbocycles. The maximum absolute atomic E-state index is 9.97. The fraction of sp³-hybridized carbons (Fsp3) is 0.800. The van der Waals surface area contributed by atoms with E-state index in [-0.39, 0.29) is 6.61 Å². The van der Waals surface area contributed by atoms with Gasteiger partial charge in [0.15, 0.2) is 6.29 Å². The van der Waals surface area contributed by atoms with Gasteiger partial charge in [-0.25, -0.2) is 0 Å². The zero-order valence-electron chi connectivity index (χ0n) is 4.73. The van der Waals surface area contributed by atoms with E-state index < -0.39 is 18.3 Å². The maximum Gasteiger partial charge on any atom is 0.151 e. The van der Waals surface area contributed by atoms with Gasteiger partial charge in [-0.1, -0.05) is 0 Å². The Balaban J connectivity index is 2.50. The first-order valence-corrected chi connectivity index (χ1v) is 2.68. The van der Waals surface area contributed by atoms with E-state index in [1.165, 1.54) is 0 Å². The largest absolute Gasteiger partial charge is 0.388 e. The summed E-state index contributed by atoms with van der Waals surface area (Å²) in [6, 6.07) is 0. The van der Waals surface area contributed by atoms with Crippen molar-refractivity contribution in [1.29, 1.82) is 0 Å². The van der Waals surface area contributed by atoms with Gasteiger partial charge in [0.2, 0.25) is 0 Å². The molecule has 4 heteroatoms. The highest BCUT2D eigenvalue weighted by Crippen LogP contribution is 2.11. The molecule has 4 nitrogen and oxygen atoms in total. The van der Waals surface area contributed by atoms with Crippen LogP contribution in [0, 0.1) is 0 Å². The first-order valence-electron chi connectivity index (χ1n) is 2.68. The highest BCUT2D eigenvalue weighted by molar-refractivity contribution is 5.57. The highest BCUT2D eigenvalue weighted by Gasteiger charge is 2.33. The minimum atomic E-state index is -1.04. The van der Waals surface area contributed by atoms with E-state index in [1.54, 1.807) is 0 Å².